The average Bonchev–Trinajstić information content (AvgIpc) is 2.07. The number of hydrogen-bond donors (Lipinski definition) is 2. The SMILES string of the molecule is N=C[Se]C1CS(=O)(=O)CC1O. The van der Waals surface area contributed by atoms with Crippen LogP contribution in [0.4, 0.5) is 0 Å². The first-order chi connectivity index (χ1) is 5.05. The van der Waals surface area contributed by atoms with E-state index in [1.807, 2.05) is 0 Å². The molecular formula is C5H9NO3SSe. The van der Waals surface area contributed by atoms with Crippen LogP contribution < -0.4 is 0 Å². The average molecular weight is 242 g/mol. The molecule has 4 nitrogen and oxygen atoms in total. The zero-order valence-electron chi connectivity index (χ0n) is 5.73. The summed E-state index contributed by atoms with van der Waals surface area (Å²) in [6.45, 7) is 0. The van der Waals surface area contributed by atoms with Crippen LogP contribution in [-0.2, 0) is 9.84 Å². The molecule has 0 amide bonds. The van der Waals surface area contributed by atoms with Crippen molar-refractivity contribution in [1.29, 1.82) is 5.41 Å². The predicted molar refractivity (Wildman–Crippen MR) is 42.9 cm³/mol. The Morgan fingerprint density at radius 2 is 2.18 bits per heavy atom. The minimum absolute atomic E-state index is 0.0591. The van der Waals surface area contributed by atoms with E-state index < -0.39 is 15.9 Å². The molecule has 0 spiro atoms. The predicted octanol–water partition coefficient (Wildman–Crippen LogP) is -1.12. The van der Waals surface area contributed by atoms with E-state index in [1.54, 1.807) is 0 Å². The molecule has 2 unspecified atom stereocenters. The summed E-state index contributed by atoms with van der Waals surface area (Å²) in [7, 11) is -3.00. The van der Waals surface area contributed by atoms with Crippen LogP contribution in [-0.4, -0.2) is 51.2 Å². The van der Waals surface area contributed by atoms with E-state index in [0.717, 1.165) is 0 Å². The van der Waals surface area contributed by atoms with Crippen LogP contribution in [0, 0.1) is 5.41 Å². The maximum atomic E-state index is 10.9. The van der Waals surface area contributed by atoms with Crippen LogP contribution in [0.15, 0.2) is 0 Å². The number of aliphatic hydroxyl groups excluding tert-OH is 1. The summed E-state index contributed by atoms with van der Waals surface area (Å²) in [6.07, 6.45) is -0.735. The van der Waals surface area contributed by atoms with Gasteiger partial charge in [0.1, 0.15) is 0 Å². The Morgan fingerprint density at radius 1 is 1.55 bits per heavy atom. The van der Waals surface area contributed by atoms with E-state index in [4.69, 9.17) is 5.41 Å². The van der Waals surface area contributed by atoms with Crippen molar-refractivity contribution < 1.29 is 13.5 Å². The molecule has 11 heavy (non-hydrogen) atoms. The summed E-state index contributed by atoms with van der Waals surface area (Å²) in [5, 5.41) is 17.2. The van der Waals surface area contributed by atoms with Gasteiger partial charge >= 0.3 is 71.3 Å². The van der Waals surface area contributed by atoms with E-state index in [0.29, 0.717) is 0 Å². The van der Waals surface area contributed by atoms with Crippen molar-refractivity contribution >= 4 is 29.9 Å². The summed E-state index contributed by atoms with van der Waals surface area (Å²) in [5.74, 6) is -0.0587. The van der Waals surface area contributed by atoms with Gasteiger partial charge in [-0.25, -0.2) is 0 Å². The number of rotatable bonds is 2. The fourth-order valence-corrected chi connectivity index (χ4v) is 5.73. The van der Waals surface area contributed by atoms with Crippen molar-refractivity contribution in [3.8, 4) is 0 Å². The van der Waals surface area contributed by atoms with Crippen LogP contribution in [0.5, 0.6) is 0 Å². The number of nitrogens with one attached hydrogen (secondary N) is 1. The van der Waals surface area contributed by atoms with E-state index in [-0.39, 0.29) is 31.3 Å². The molecule has 1 aliphatic heterocycles. The van der Waals surface area contributed by atoms with Gasteiger partial charge < -0.3 is 0 Å². The normalized spacial score (nSPS) is 35.4. The molecule has 1 fully saturated rings. The Morgan fingerprint density at radius 3 is 2.55 bits per heavy atom. The molecule has 0 radical (unpaired) electrons. The fourth-order valence-electron chi connectivity index (χ4n) is 1.01. The molecule has 0 saturated carbocycles. The second-order valence-electron chi connectivity index (χ2n) is 2.44. The molecule has 1 saturated heterocycles. The third kappa shape index (κ3) is 2.27. The Bertz CT molecular complexity index is 250. The van der Waals surface area contributed by atoms with Gasteiger partial charge in [-0.2, -0.15) is 0 Å². The third-order valence-corrected chi connectivity index (χ3v) is 5.74. The van der Waals surface area contributed by atoms with Crippen molar-refractivity contribution in [1.82, 2.24) is 0 Å². The van der Waals surface area contributed by atoms with E-state index in [9.17, 15) is 13.5 Å². The molecule has 0 bridgehead atoms. The van der Waals surface area contributed by atoms with E-state index in [1.165, 1.54) is 5.11 Å². The fraction of sp³-hybridized carbons (Fsp3) is 0.800. The van der Waals surface area contributed by atoms with Crippen molar-refractivity contribution in [2.24, 2.45) is 0 Å². The Labute approximate surface area is 71.6 Å². The second kappa shape index (κ2) is 3.23. The zero-order chi connectivity index (χ0) is 8.48. The first kappa shape index (κ1) is 9.19. The second-order valence-corrected chi connectivity index (χ2v) is 6.93. The van der Waals surface area contributed by atoms with Crippen LogP contribution in [0.25, 0.3) is 0 Å². The van der Waals surface area contributed by atoms with Gasteiger partial charge in [0.15, 0.2) is 0 Å². The van der Waals surface area contributed by atoms with Crippen molar-refractivity contribution in [3.63, 3.8) is 0 Å². The standard InChI is InChI=1S/C5H9NO3SSe/c6-3-11-5-2-10(8,9)1-4(5)7/h3-7H,1-2H2. The third-order valence-electron chi connectivity index (χ3n) is 1.51. The summed E-state index contributed by atoms with van der Waals surface area (Å²) in [6, 6.07) is 0. The van der Waals surface area contributed by atoms with Crippen LogP contribution in [0.2, 0.25) is 4.82 Å². The molecule has 64 valence electrons. The molecule has 2 atom stereocenters. The summed E-state index contributed by atoms with van der Waals surface area (Å²) < 4.78 is 21.8. The Balaban J connectivity index is 2.66. The molecule has 1 heterocycles. The minimum atomic E-state index is -3.00. The molecule has 0 aromatic rings. The molecule has 0 aliphatic carbocycles. The summed E-state index contributed by atoms with van der Waals surface area (Å²) in [4.78, 5) is -0.190. The topological polar surface area (TPSA) is 78.2 Å². The molecule has 6 heteroatoms. The Kier molecular flexibility index (Phi) is 2.70. The number of hydrogen-bond acceptors (Lipinski definition) is 4. The van der Waals surface area contributed by atoms with Crippen LogP contribution in [0.3, 0.4) is 0 Å². The van der Waals surface area contributed by atoms with Crippen LogP contribution >= 0.6 is 0 Å². The maximum absolute atomic E-state index is 10.9. The molecule has 2 N–H and O–H groups in total. The quantitative estimate of drug-likeness (QED) is 0.475. The monoisotopic (exact) mass is 243 g/mol. The zero-order valence-corrected chi connectivity index (χ0v) is 8.26. The van der Waals surface area contributed by atoms with Crippen molar-refractivity contribution in [2.45, 2.75) is 10.9 Å². The van der Waals surface area contributed by atoms with Crippen molar-refractivity contribution in [2.75, 3.05) is 11.5 Å². The van der Waals surface area contributed by atoms with Crippen LogP contribution in [0.1, 0.15) is 0 Å². The van der Waals surface area contributed by atoms with Gasteiger partial charge in [-0.1, -0.05) is 0 Å². The first-order valence-electron chi connectivity index (χ1n) is 3.08. The van der Waals surface area contributed by atoms with Gasteiger partial charge in [0.05, 0.1) is 0 Å². The molecule has 1 aliphatic rings. The molecule has 0 aromatic heterocycles. The van der Waals surface area contributed by atoms with E-state index in [2.05, 4.69) is 0 Å². The summed E-state index contributed by atoms with van der Waals surface area (Å²) >= 11 is -0.164. The van der Waals surface area contributed by atoms with Gasteiger partial charge in [0, 0.05) is 0 Å². The molecule has 1 rings (SSSR count). The summed E-state index contributed by atoms with van der Waals surface area (Å²) in [5.41, 5.74) is 0. The number of aliphatic hydroxyl groups is 1. The van der Waals surface area contributed by atoms with Gasteiger partial charge in [0.2, 0.25) is 0 Å². The Hall–Kier alpha value is 0.0995. The first-order valence-corrected chi connectivity index (χ1v) is 6.88. The molecule has 0 aromatic carbocycles. The molecular weight excluding hydrogens is 233 g/mol. The number of sulfone groups is 1. The van der Waals surface area contributed by atoms with Crippen molar-refractivity contribution in [3.05, 3.63) is 0 Å². The van der Waals surface area contributed by atoms with Gasteiger partial charge in [0.25, 0.3) is 0 Å². The van der Waals surface area contributed by atoms with E-state index >= 15 is 0 Å². The van der Waals surface area contributed by atoms with Gasteiger partial charge in [-0.3, -0.25) is 0 Å². The van der Waals surface area contributed by atoms with Gasteiger partial charge in [-0.05, 0) is 0 Å². The van der Waals surface area contributed by atoms with Gasteiger partial charge in [-0.15, -0.1) is 0 Å².